The standard InChI is InChI=1S/C17H18Cl2N4O2/c1-2-24-16-8-11(9-22-23-17(20)21)6-7-15(16)25-10-12-13(18)4-3-5-14(12)19/h3-9H,2,10H2,1H3,(H4,20,21,23)/b22-9-. The van der Waals surface area contributed by atoms with Crippen LogP contribution in [0, 0.1) is 0 Å². The quantitative estimate of drug-likeness (QED) is 0.435. The molecule has 0 bridgehead atoms. The van der Waals surface area contributed by atoms with E-state index in [1.807, 2.05) is 6.92 Å². The molecule has 0 saturated carbocycles. The summed E-state index contributed by atoms with van der Waals surface area (Å²) >= 11 is 12.3. The molecule has 0 radical (unpaired) electrons. The highest BCUT2D eigenvalue weighted by molar-refractivity contribution is 6.35. The summed E-state index contributed by atoms with van der Waals surface area (Å²) in [5.41, 5.74) is 11.9. The highest BCUT2D eigenvalue weighted by Crippen LogP contribution is 2.31. The Hall–Kier alpha value is -2.44. The van der Waals surface area contributed by atoms with E-state index in [0.717, 1.165) is 5.56 Å². The monoisotopic (exact) mass is 380 g/mol. The minimum atomic E-state index is -0.113. The molecule has 0 spiro atoms. The van der Waals surface area contributed by atoms with Gasteiger partial charge in [0.2, 0.25) is 5.96 Å². The maximum absolute atomic E-state index is 6.16. The second kappa shape index (κ2) is 9.15. The average molecular weight is 381 g/mol. The van der Waals surface area contributed by atoms with Gasteiger partial charge in [0.25, 0.3) is 0 Å². The van der Waals surface area contributed by atoms with Crippen molar-refractivity contribution in [2.75, 3.05) is 6.61 Å². The van der Waals surface area contributed by atoms with Gasteiger partial charge in [-0.15, -0.1) is 5.10 Å². The molecule has 0 aliphatic carbocycles. The van der Waals surface area contributed by atoms with Crippen molar-refractivity contribution in [3.63, 3.8) is 0 Å². The van der Waals surface area contributed by atoms with Gasteiger partial charge in [0, 0.05) is 15.6 Å². The van der Waals surface area contributed by atoms with Gasteiger partial charge in [-0.25, -0.2) is 0 Å². The molecule has 0 aliphatic rings. The molecule has 0 heterocycles. The van der Waals surface area contributed by atoms with E-state index in [-0.39, 0.29) is 12.6 Å². The highest BCUT2D eigenvalue weighted by atomic mass is 35.5. The van der Waals surface area contributed by atoms with E-state index < -0.39 is 0 Å². The van der Waals surface area contributed by atoms with Crippen molar-refractivity contribution in [2.24, 2.45) is 21.7 Å². The van der Waals surface area contributed by atoms with Gasteiger partial charge in [-0.3, -0.25) is 0 Å². The fourth-order valence-electron chi connectivity index (χ4n) is 1.97. The van der Waals surface area contributed by atoms with E-state index in [1.54, 1.807) is 36.4 Å². The second-order valence-electron chi connectivity index (χ2n) is 4.90. The molecule has 2 rings (SSSR count). The van der Waals surface area contributed by atoms with Crippen molar-refractivity contribution < 1.29 is 9.47 Å². The van der Waals surface area contributed by atoms with E-state index in [0.29, 0.717) is 33.7 Å². The van der Waals surface area contributed by atoms with Crippen LogP contribution in [-0.2, 0) is 6.61 Å². The first-order chi connectivity index (χ1) is 12.0. The lowest BCUT2D eigenvalue weighted by molar-refractivity contribution is 0.269. The third-order valence-corrected chi connectivity index (χ3v) is 3.79. The number of hydrogen-bond acceptors (Lipinski definition) is 4. The highest BCUT2D eigenvalue weighted by Gasteiger charge is 2.10. The fraction of sp³-hybridized carbons (Fsp3) is 0.176. The molecule has 0 fully saturated rings. The zero-order valence-electron chi connectivity index (χ0n) is 13.6. The maximum atomic E-state index is 6.16. The molecule has 8 heteroatoms. The van der Waals surface area contributed by atoms with E-state index in [9.17, 15) is 0 Å². The summed E-state index contributed by atoms with van der Waals surface area (Å²) in [6.45, 7) is 2.59. The van der Waals surface area contributed by atoms with Gasteiger partial charge in [-0.2, -0.15) is 5.10 Å². The lowest BCUT2D eigenvalue weighted by atomic mass is 10.2. The van der Waals surface area contributed by atoms with Crippen LogP contribution in [-0.4, -0.2) is 18.8 Å². The van der Waals surface area contributed by atoms with Crippen molar-refractivity contribution in [1.29, 1.82) is 0 Å². The zero-order valence-corrected chi connectivity index (χ0v) is 15.1. The van der Waals surface area contributed by atoms with Crippen LogP contribution >= 0.6 is 23.2 Å². The van der Waals surface area contributed by atoms with Crippen LogP contribution in [0.2, 0.25) is 10.0 Å². The Bertz CT molecular complexity index is 770. The molecule has 2 aromatic carbocycles. The fourth-order valence-corrected chi connectivity index (χ4v) is 2.48. The van der Waals surface area contributed by atoms with Gasteiger partial charge >= 0.3 is 0 Å². The van der Waals surface area contributed by atoms with Crippen molar-refractivity contribution in [2.45, 2.75) is 13.5 Å². The minimum absolute atomic E-state index is 0.113. The third kappa shape index (κ3) is 5.55. The summed E-state index contributed by atoms with van der Waals surface area (Å²) in [5.74, 6) is 1.02. The number of halogens is 2. The lowest BCUT2D eigenvalue weighted by Crippen LogP contribution is -2.21. The molecule has 0 atom stereocenters. The summed E-state index contributed by atoms with van der Waals surface area (Å²) in [6, 6.07) is 10.7. The van der Waals surface area contributed by atoms with E-state index in [1.165, 1.54) is 6.21 Å². The first-order valence-corrected chi connectivity index (χ1v) is 8.21. The van der Waals surface area contributed by atoms with Crippen LogP contribution in [0.4, 0.5) is 0 Å². The van der Waals surface area contributed by atoms with Crippen molar-refractivity contribution in [1.82, 2.24) is 0 Å². The molecule has 0 aliphatic heterocycles. The molecule has 0 unspecified atom stereocenters. The molecule has 2 aromatic rings. The SMILES string of the molecule is CCOc1cc(/C=N\N=C(N)N)ccc1OCc1c(Cl)cccc1Cl. The van der Waals surface area contributed by atoms with Gasteiger partial charge in [-0.05, 0) is 42.8 Å². The van der Waals surface area contributed by atoms with Gasteiger partial charge in [0.1, 0.15) is 6.61 Å². The van der Waals surface area contributed by atoms with Crippen molar-refractivity contribution in [3.8, 4) is 11.5 Å². The molecule has 0 saturated heterocycles. The number of nitrogens with two attached hydrogens (primary N) is 2. The Morgan fingerprint density at radius 2 is 1.80 bits per heavy atom. The molecule has 4 N–H and O–H groups in total. The number of hydrogen-bond donors (Lipinski definition) is 2. The van der Waals surface area contributed by atoms with Crippen LogP contribution in [0.1, 0.15) is 18.1 Å². The number of ether oxygens (including phenoxy) is 2. The van der Waals surface area contributed by atoms with E-state index in [4.69, 9.17) is 44.1 Å². The van der Waals surface area contributed by atoms with Crippen molar-refractivity contribution in [3.05, 3.63) is 57.6 Å². The Labute approximate surface area is 156 Å². The molecule has 132 valence electrons. The van der Waals surface area contributed by atoms with Gasteiger partial charge in [0.05, 0.1) is 12.8 Å². The molecular weight excluding hydrogens is 363 g/mol. The van der Waals surface area contributed by atoms with Crippen LogP contribution in [0.5, 0.6) is 11.5 Å². The van der Waals surface area contributed by atoms with E-state index >= 15 is 0 Å². The smallest absolute Gasteiger partial charge is 0.211 e. The summed E-state index contributed by atoms with van der Waals surface area (Å²) < 4.78 is 11.4. The number of benzene rings is 2. The third-order valence-electron chi connectivity index (χ3n) is 3.08. The van der Waals surface area contributed by atoms with Gasteiger partial charge in [-0.1, -0.05) is 29.3 Å². The second-order valence-corrected chi connectivity index (χ2v) is 5.71. The predicted molar refractivity (Wildman–Crippen MR) is 102 cm³/mol. The van der Waals surface area contributed by atoms with Gasteiger partial charge in [0.15, 0.2) is 11.5 Å². The summed E-state index contributed by atoms with van der Waals surface area (Å²) in [5, 5.41) is 8.42. The molecule has 0 amide bonds. The Morgan fingerprint density at radius 1 is 1.08 bits per heavy atom. The summed E-state index contributed by atoms with van der Waals surface area (Å²) in [6.07, 6.45) is 1.51. The molecule has 0 aromatic heterocycles. The topological polar surface area (TPSA) is 95.2 Å². The van der Waals surface area contributed by atoms with Crippen LogP contribution < -0.4 is 20.9 Å². The average Bonchev–Trinajstić information content (AvgIpc) is 2.56. The van der Waals surface area contributed by atoms with Crippen LogP contribution in [0.3, 0.4) is 0 Å². The number of rotatable bonds is 7. The maximum Gasteiger partial charge on any atom is 0.211 e. The molecule has 6 nitrogen and oxygen atoms in total. The minimum Gasteiger partial charge on any atom is -0.490 e. The first-order valence-electron chi connectivity index (χ1n) is 7.45. The largest absolute Gasteiger partial charge is 0.490 e. The zero-order chi connectivity index (χ0) is 18.2. The summed E-state index contributed by atoms with van der Waals surface area (Å²) in [4.78, 5) is 0. The normalized spacial score (nSPS) is 10.7. The van der Waals surface area contributed by atoms with Crippen LogP contribution in [0.25, 0.3) is 0 Å². The Balaban J connectivity index is 2.19. The number of nitrogens with zero attached hydrogens (tertiary/aromatic N) is 2. The van der Waals surface area contributed by atoms with Crippen LogP contribution in [0.15, 0.2) is 46.6 Å². The Morgan fingerprint density at radius 3 is 2.44 bits per heavy atom. The van der Waals surface area contributed by atoms with Gasteiger partial charge < -0.3 is 20.9 Å². The summed E-state index contributed by atoms with van der Waals surface area (Å²) in [7, 11) is 0. The lowest BCUT2D eigenvalue weighted by Gasteiger charge is -2.14. The number of guanidine groups is 1. The van der Waals surface area contributed by atoms with Crippen molar-refractivity contribution >= 4 is 35.4 Å². The predicted octanol–water partition coefficient (Wildman–Crippen LogP) is 3.58. The molecular formula is C17H18Cl2N4O2. The Kier molecular flexibility index (Phi) is 6.91. The van der Waals surface area contributed by atoms with E-state index in [2.05, 4.69) is 10.2 Å². The molecule has 25 heavy (non-hydrogen) atoms. The first kappa shape index (κ1) is 18.9.